The van der Waals surface area contributed by atoms with Gasteiger partial charge in [-0.15, -0.1) is 0 Å². The number of fused-ring (bicyclic) bond motifs is 1. The number of anilines is 1. The topological polar surface area (TPSA) is 97.5 Å². The Morgan fingerprint density at radius 3 is 2.47 bits per heavy atom. The molecule has 0 saturated carbocycles. The van der Waals surface area contributed by atoms with Gasteiger partial charge in [0.15, 0.2) is 0 Å². The molecule has 3 N–H and O–H groups in total. The van der Waals surface area contributed by atoms with Crippen LogP contribution in [0, 0.1) is 13.8 Å². The molecule has 3 rings (SSSR count). The summed E-state index contributed by atoms with van der Waals surface area (Å²) in [6.45, 7) is 14.0. The van der Waals surface area contributed by atoms with Crippen LogP contribution < -0.4 is 10.6 Å². The minimum Gasteiger partial charge on any atom is -0.358 e. The molecule has 8 heteroatoms. The number of carbonyl (C=O) groups excluding carboxylic acids is 3. The highest BCUT2D eigenvalue weighted by atomic mass is 16.2. The fourth-order valence-electron chi connectivity index (χ4n) is 4.54. The van der Waals surface area contributed by atoms with Gasteiger partial charge in [-0.1, -0.05) is 27.2 Å². The van der Waals surface area contributed by atoms with E-state index < -0.39 is 0 Å². The van der Waals surface area contributed by atoms with Gasteiger partial charge in [0.2, 0.25) is 0 Å². The predicted octanol–water partition coefficient (Wildman–Crippen LogP) is 4.07. The van der Waals surface area contributed by atoms with Gasteiger partial charge in [0, 0.05) is 54.9 Å². The van der Waals surface area contributed by atoms with E-state index in [1.807, 2.05) is 13.8 Å². The minimum absolute atomic E-state index is 0.0690. The van der Waals surface area contributed by atoms with Crippen LogP contribution in [0.3, 0.4) is 0 Å². The Labute approximate surface area is 214 Å². The van der Waals surface area contributed by atoms with Crippen LogP contribution in [-0.2, 0) is 4.79 Å². The van der Waals surface area contributed by atoms with Crippen molar-refractivity contribution < 1.29 is 14.4 Å². The number of aromatic amines is 1. The zero-order chi connectivity index (χ0) is 26.4. The number of rotatable bonds is 11. The number of nitrogens with one attached hydrogen (secondary N) is 3. The van der Waals surface area contributed by atoms with E-state index in [9.17, 15) is 14.4 Å². The van der Waals surface area contributed by atoms with Crippen LogP contribution in [0.1, 0.15) is 76.8 Å². The van der Waals surface area contributed by atoms with Crippen molar-refractivity contribution in [3.05, 3.63) is 51.8 Å². The van der Waals surface area contributed by atoms with Gasteiger partial charge in [0.25, 0.3) is 17.7 Å². The summed E-state index contributed by atoms with van der Waals surface area (Å²) in [5.74, 6) is -0.427. The van der Waals surface area contributed by atoms with Crippen molar-refractivity contribution in [2.45, 2.75) is 47.5 Å². The third-order valence-electron chi connectivity index (χ3n) is 6.84. The van der Waals surface area contributed by atoms with Gasteiger partial charge in [-0.25, -0.2) is 0 Å². The number of aryl methyl sites for hydroxylation is 1. The van der Waals surface area contributed by atoms with E-state index in [4.69, 9.17) is 0 Å². The van der Waals surface area contributed by atoms with Crippen LogP contribution >= 0.6 is 0 Å². The summed E-state index contributed by atoms with van der Waals surface area (Å²) < 4.78 is 0. The second-order valence-corrected chi connectivity index (χ2v) is 9.30. The van der Waals surface area contributed by atoms with Crippen LogP contribution in [0.5, 0.6) is 0 Å². The lowest BCUT2D eigenvalue weighted by molar-refractivity contribution is -0.110. The molecule has 8 nitrogen and oxygen atoms in total. The highest BCUT2D eigenvalue weighted by Crippen LogP contribution is 2.35. The fourth-order valence-corrected chi connectivity index (χ4v) is 4.54. The van der Waals surface area contributed by atoms with Crippen molar-refractivity contribution in [3.8, 4) is 0 Å². The van der Waals surface area contributed by atoms with Crippen molar-refractivity contribution in [3.63, 3.8) is 0 Å². The van der Waals surface area contributed by atoms with Gasteiger partial charge < -0.3 is 25.4 Å². The number of aromatic nitrogens is 1. The molecule has 0 radical (unpaired) electrons. The largest absolute Gasteiger partial charge is 0.358 e. The zero-order valence-corrected chi connectivity index (χ0v) is 22.4. The van der Waals surface area contributed by atoms with Crippen molar-refractivity contribution >= 4 is 35.1 Å². The first-order chi connectivity index (χ1) is 17.2. The first kappa shape index (κ1) is 27.2. The molecule has 1 aliphatic heterocycles. The maximum atomic E-state index is 12.9. The maximum absolute atomic E-state index is 12.9. The third kappa shape index (κ3) is 5.87. The van der Waals surface area contributed by atoms with Gasteiger partial charge in [-0.2, -0.15) is 0 Å². The van der Waals surface area contributed by atoms with Crippen molar-refractivity contribution in [2.75, 3.05) is 45.1 Å². The number of amides is 3. The predicted molar refractivity (Wildman–Crippen MR) is 145 cm³/mol. The van der Waals surface area contributed by atoms with Gasteiger partial charge in [-0.3, -0.25) is 14.4 Å². The van der Waals surface area contributed by atoms with Crippen LogP contribution in [-0.4, -0.2) is 72.3 Å². The number of likely N-dealkylation sites (N-methyl/N-ethyl adjacent to an activating group) is 1. The van der Waals surface area contributed by atoms with E-state index in [1.165, 1.54) is 0 Å². The SMILES string of the molecule is CCCCN(C)C(=O)c1ccc2c(c1)/C(=C/c1[nH]c(C)c(C(=O)NCCN(CC)CC)c1C)C(=O)N2. The van der Waals surface area contributed by atoms with Crippen molar-refractivity contribution in [1.29, 1.82) is 0 Å². The summed E-state index contributed by atoms with van der Waals surface area (Å²) in [4.78, 5) is 45.9. The first-order valence-electron chi connectivity index (χ1n) is 12.8. The molecule has 2 aromatic rings. The number of unbranched alkanes of at least 4 members (excludes halogenated alkanes) is 1. The molecule has 1 aromatic heterocycles. The second-order valence-electron chi connectivity index (χ2n) is 9.30. The molecule has 0 saturated heterocycles. The summed E-state index contributed by atoms with van der Waals surface area (Å²) in [6, 6.07) is 5.30. The Balaban J connectivity index is 1.85. The molecule has 1 aliphatic rings. The van der Waals surface area contributed by atoms with Crippen molar-refractivity contribution in [1.82, 2.24) is 20.1 Å². The molecule has 0 bridgehead atoms. The normalized spacial score (nSPS) is 13.8. The summed E-state index contributed by atoms with van der Waals surface area (Å²) in [7, 11) is 1.80. The minimum atomic E-state index is -0.231. The molecule has 0 fully saturated rings. The Hall–Kier alpha value is -3.39. The molecule has 0 unspecified atom stereocenters. The quantitative estimate of drug-likeness (QED) is 0.411. The van der Waals surface area contributed by atoms with Crippen LogP contribution in [0.2, 0.25) is 0 Å². The average Bonchev–Trinajstić information content (AvgIpc) is 3.33. The molecule has 0 atom stereocenters. The standard InChI is InChI=1S/C28H39N5O3/c1-7-10-14-32(6)28(36)20-11-12-23-21(16-20)22(26(34)31-23)17-24-18(4)25(19(5)30-24)27(35)29-13-15-33(8-2)9-3/h11-12,16-17,30H,7-10,13-15H2,1-6H3,(H,29,35)(H,31,34)/b22-17-. The second kappa shape index (κ2) is 12.0. The molecule has 0 aliphatic carbocycles. The fraction of sp³-hybridized carbons (Fsp3) is 0.464. The zero-order valence-electron chi connectivity index (χ0n) is 22.4. The van der Waals surface area contributed by atoms with Gasteiger partial charge in [0.1, 0.15) is 0 Å². The lowest BCUT2D eigenvalue weighted by Gasteiger charge is -2.18. The molecule has 2 heterocycles. The molecule has 3 amide bonds. The van der Waals surface area contributed by atoms with E-state index in [0.29, 0.717) is 46.7 Å². The van der Waals surface area contributed by atoms with Gasteiger partial charge in [0.05, 0.1) is 11.1 Å². The van der Waals surface area contributed by atoms with Crippen LogP contribution in [0.15, 0.2) is 18.2 Å². The highest BCUT2D eigenvalue weighted by molar-refractivity contribution is 6.35. The van der Waals surface area contributed by atoms with E-state index in [0.717, 1.165) is 43.7 Å². The van der Waals surface area contributed by atoms with Crippen LogP contribution in [0.25, 0.3) is 11.6 Å². The highest BCUT2D eigenvalue weighted by Gasteiger charge is 2.27. The summed E-state index contributed by atoms with van der Waals surface area (Å²) in [6.07, 6.45) is 3.72. The Morgan fingerprint density at radius 2 is 1.81 bits per heavy atom. The molecule has 1 aromatic carbocycles. The van der Waals surface area contributed by atoms with E-state index in [2.05, 4.69) is 41.3 Å². The smallest absolute Gasteiger partial charge is 0.256 e. The number of hydrogen-bond acceptors (Lipinski definition) is 4. The molecule has 0 spiro atoms. The lowest BCUT2D eigenvalue weighted by Crippen LogP contribution is -2.35. The molecule has 194 valence electrons. The van der Waals surface area contributed by atoms with Gasteiger partial charge in [-0.05, 0) is 63.2 Å². The van der Waals surface area contributed by atoms with E-state index >= 15 is 0 Å². The summed E-state index contributed by atoms with van der Waals surface area (Å²) >= 11 is 0. The number of nitrogens with zero attached hydrogens (tertiary/aromatic N) is 2. The van der Waals surface area contributed by atoms with Crippen molar-refractivity contribution in [2.24, 2.45) is 0 Å². The van der Waals surface area contributed by atoms with Crippen LogP contribution in [0.4, 0.5) is 5.69 Å². The Bertz CT molecular complexity index is 1160. The van der Waals surface area contributed by atoms with E-state index in [1.54, 1.807) is 36.2 Å². The summed E-state index contributed by atoms with van der Waals surface area (Å²) in [5.41, 5.74) is 5.21. The molecular formula is C28H39N5O3. The lowest BCUT2D eigenvalue weighted by atomic mass is 10.0. The number of hydrogen-bond donors (Lipinski definition) is 3. The first-order valence-corrected chi connectivity index (χ1v) is 12.8. The monoisotopic (exact) mass is 493 g/mol. The van der Waals surface area contributed by atoms with Gasteiger partial charge >= 0.3 is 0 Å². The molecular weight excluding hydrogens is 454 g/mol. The Morgan fingerprint density at radius 1 is 1.08 bits per heavy atom. The maximum Gasteiger partial charge on any atom is 0.256 e. The van der Waals surface area contributed by atoms with E-state index in [-0.39, 0.29) is 17.7 Å². The summed E-state index contributed by atoms with van der Waals surface area (Å²) in [5, 5.41) is 5.89. The third-order valence-corrected chi connectivity index (χ3v) is 6.84. The number of benzene rings is 1. The number of H-pyrrole nitrogens is 1. The molecule has 36 heavy (non-hydrogen) atoms. The number of carbonyl (C=O) groups is 3. The average molecular weight is 494 g/mol. The Kier molecular flexibility index (Phi) is 9.09.